The molecule has 1 aliphatic rings. The Labute approximate surface area is 156 Å². The normalized spacial score (nSPS) is 16.0. The van der Waals surface area contributed by atoms with E-state index in [0.29, 0.717) is 12.5 Å². The molecule has 1 aromatic heterocycles. The van der Waals surface area contributed by atoms with E-state index in [4.69, 9.17) is 0 Å². The second kappa shape index (κ2) is 8.49. The Morgan fingerprint density at radius 3 is 2.50 bits per heavy atom. The first-order chi connectivity index (χ1) is 12.6. The molecule has 5 heteroatoms. The van der Waals surface area contributed by atoms with Crippen molar-refractivity contribution in [2.24, 2.45) is 0 Å². The predicted molar refractivity (Wildman–Crippen MR) is 105 cm³/mol. The molecule has 3 rings (SSSR count). The van der Waals surface area contributed by atoms with E-state index in [1.54, 1.807) is 0 Å². The van der Waals surface area contributed by atoms with Crippen LogP contribution >= 0.6 is 0 Å². The number of aromatic nitrogens is 2. The van der Waals surface area contributed by atoms with Crippen molar-refractivity contribution in [3.05, 3.63) is 52.8 Å². The van der Waals surface area contributed by atoms with Gasteiger partial charge in [0.05, 0.1) is 11.3 Å². The van der Waals surface area contributed by atoms with Gasteiger partial charge in [0.1, 0.15) is 0 Å². The largest absolute Gasteiger partial charge is 0.351 e. The number of rotatable bonds is 6. The van der Waals surface area contributed by atoms with E-state index >= 15 is 0 Å². The second-order valence-corrected chi connectivity index (χ2v) is 7.14. The van der Waals surface area contributed by atoms with Gasteiger partial charge in [-0.25, -0.2) is 0 Å². The number of carbonyl (C=O) groups is 1. The number of amides is 1. The van der Waals surface area contributed by atoms with Crippen molar-refractivity contribution < 1.29 is 4.79 Å². The van der Waals surface area contributed by atoms with Crippen LogP contribution in [-0.4, -0.2) is 46.8 Å². The van der Waals surface area contributed by atoms with Crippen LogP contribution in [0.4, 0.5) is 0 Å². The second-order valence-electron chi connectivity index (χ2n) is 7.14. The van der Waals surface area contributed by atoms with Crippen molar-refractivity contribution in [1.29, 1.82) is 0 Å². The molecule has 1 saturated heterocycles. The van der Waals surface area contributed by atoms with Crippen molar-refractivity contribution in [1.82, 2.24) is 20.0 Å². The topological polar surface area (TPSA) is 50.2 Å². The minimum atomic E-state index is -0.00104. The maximum Gasteiger partial charge on any atom is 0.255 e. The Hall–Kier alpha value is -2.14. The molecule has 2 aromatic rings. The molecule has 0 saturated carbocycles. The van der Waals surface area contributed by atoms with Crippen LogP contribution in [0.3, 0.4) is 0 Å². The molecule has 2 heterocycles. The number of hydrogen-bond acceptors (Lipinski definition) is 3. The first-order valence-corrected chi connectivity index (χ1v) is 9.69. The fraction of sp³-hybridized carbons (Fsp3) is 0.524. The third-order valence-electron chi connectivity index (χ3n) is 5.48. The highest BCUT2D eigenvalue weighted by atomic mass is 16.1. The van der Waals surface area contributed by atoms with Gasteiger partial charge < -0.3 is 10.2 Å². The van der Waals surface area contributed by atoms with Crippen LogP contribution in [0, 0.1) is 13.8 Å². The SMILES string of the molecule is CCn1nc(C)c(C(=O)NCCN2CCC(c3ccccc3)CC2)c1C. The van der Waals surface area contributed by atoms with Gasteiger partial charge in [-0.05, 0) is 58.2 Å². The van der Waals surface area contributed by atoms with Crippen LogP contribution in [-0.2, 0) is 6.54 Å². The Morgan fingerprint density at radius 2 is 1.88 bits per heavy atom. The first-order valence-electron chi connectivity index (χ1n) is 9.69. The fourth-order valence-corrected chi connectivity index (χ4v) is 3.96. The summed E-state index contributed by atoms with van der Waals surface area (Å²) >= 11 is 0. The zero-order valence-corrected chi connectivity index (χ0v) is 16.2. The van der Waals surface area contributed by atoms with Crippen LogP contribution in [0.1, 0.15) is 53.0 Å². The Bertz CT molecular complexity index is 730. The summed E-state index contributed by atoms with van der Waals surface area (Å²) in [7, 11) is 0. The van der Waals surface area contributed by atoms with Crippen LogP contribution < -0.4 is 5.32 Å². The maximum atomic E-state index is 12.5. The van der Waals surface area contributed by atoms with Gasteiger partial charge in [0.2, 0.25) is 0 Å². The number of aryl methyl sites for hydroxylation is 2. The molecule has 5 nitrogen and oxygen atoms in total. The highest BCUT2D eigenvalue weighted by Crippen LogP contribution is 2.27. The van der Waals surface area contributed by atoms with Gasteiger partial charge >= 0.3 is 0 Å². The van der Waals surface area contributed by atoms with Crippen molar-refractivity contribution in [3.63, 3.8) is 0 Å². The fourth-order valence-electron chi connectivity index (χ4n) is 3.96. The van der Waals surface area contributed by atoms with Gasteiger partial charge in [0.25, 0.3) is 5.91 Å². The number of nitrogens with zero attached hydrogens (tertiary/aromatic N) is 3. The van der Waals surface area contributed by atoms with E-state index in [1.165, 1.54) is 18.4 Å². The van der Waals surface area contributed by atoms with Crippen LogP contribution in [0.15, 0.2) is 30.3 Å². The molecule has 26 heavy (non-hydrogen) atoms. The third-order valence-corrected chi connectivity index (χ3v) is 5.48. The Kier molecular flexibility index (Phi) is 6.09. The molecular formula is C21H30N4O. The molecule has 0 radical (unpaired) electrons. The van der Waals surface area contributed by atoms with Gasteiger partial charge in [-0.1, -0.05) is 30.3 Å². The standard InChI is InChI=1S/C21H30N4O/c1-4-25-17(3)20(16(2)23-25)21(26)22-12-15-24-13-10-19(11-14-24)18-8-6-5-7-9-18/h5-9,19H,4,10-15H2,1-3H3,(H,22,26). The quantitative estimate of drug-likeness (QED) is 0.867. The number of piperidine rings is 1. The maximum absolute atomic E-state index is 12.5. The molecule has 0 atom stereocenters. The summed E-state index contributed by atoms with van der Waals surface area (Å²) in [6.07, 6.45) is 2.39. The van der Waals surface area contributed by atoms with E-state index in [2.05, 4.69) is 45.6 Å². The summed E-state index contributed by atoms with van der Waals surface area (Å²) in [5.74, 6) is 0.672. The van der Waals surface area contributed by atoms with Crippen molar-refractivity contribution in [3.8, 4) is 0 Å². The van der Waals surface area contributed by atoms with Gasteiger partial charge in [-0.3, -0.25) is 9.48 Å². The van der Waals surface area contributed by atoms with E-state index in [1.807, 2.05) is 25.5 Å². The van der Waals surface area contributed by atoms with E-state index in [0.717, 1.165) is 43.1 Å². The number of likely N-dealkylation sites (tertiary alicyclic amines) is 1. The third kappa shape index (κ3) is 4.15. The lowest BCUT2D eigenvalue weighted by molar-refractivity contribution is 0.0944. The lowest BCUT2D eigenvalue weighted by Gasteiger charge is -2.32. The number of hydrogen-bond donors (Lipinski definition) is 1. The average molecular weight is 354 g/mol. The summed E-state index contributed by atoms with van der Waals surface area (Å²) in [6.45, 7) is 10.5. The molecule has 1 amide bonds. The Morgan fingerprint density at radius 1 is 1.19 bits per heavy atom. The zero-order chi connectivity index (χ0) is 18.5. The van der Waals surface area contributed by atoms with Gasteiger partial charge in [-0.2, -0.15) is 5.10 Å². The molecule has 1 fully saturated rings. The summed E-state index contributed by atoms with van der Waals surface area (Å²) in [5, 5.41) is 7.50. The molecule has 0 bridgehead atoms. The number of benzene rings is 1. The summed E-state index contributed by atoms with van der Waals surface area (Å²) in [4.78, 5) is 15.0. The van der Waals surface area contributed by atoms with Crippen molar-refractivity contribution in [2.45, 2.75) is 46.1 Å². The van der Waals surface area contributed by atoms with E-state index < -0.39 is 0 Å². The summed E-state index contributed by atoms with van der Waals surface area (Å²) in [6, 6.07) is 10.8. The monoisotopic (exact) mass is 354 g/mol. The molecule has 140 valence electrons. The van der Waals surface area contributed by atoms with Crippen molar-refractivity contribution in [2.75, 3.05) is 26.2 Å². The minimum absolute atomic E-state index is 0.00104. The lowest BCUT2D eigenvalue weighted by Crippen LogP contribution is -2.39. The highest BCUT2D eigenvalue weighted by molar-refractivity contribution is 5.96. The predicted octanol–water partition coefficient (Wildman–Crippen LogP) is 3.13. The summed E-state index contributed by atoms with van der Waals surface area (Å²) in [5.41, 5.74) is 3.95. The molecule has 1 N–H and O–H groups in total. The number of carbonyl (C=O) groups excluding carboxylic acids is 1. The van der Waals surface area contributed by atoms with Gasteiger partial charge in [0, 0.05) is 25.3 Å². The first kappa shape index (κ1) is 18.6. The average Bonchev–Trinajstić information content (AvgIpc) is 2.96. The Balaban J connectivity index is 1.45. The van der Waals surface area contributed by atoms with E-state index in [9.17, 15) is 4.79 Å². The van der Waals surface area contributed by atoms with Gasteiger partial charge in [-0.15, -0.1) is 0 Å². The molecular weight excluding hydrogens is 324 g/mol. The van der Waals surface area contributed by atoms with Crippen molar-refractivity contribution >= 4 is 5.91 Å². The smallest absolute Gasteiger partial charge is 0.255 e. The zero-order valence-electron chi connectivity index (χ0n) is 16.2. The highest BCUT2D eigenvalue weighted by Gasteiger charge is 2.21. The van der Waals surface area contributed by atoms with Crippen LogP contribution in [0.25, 0.3) is 0 Å². The molecule has 0 spiro atoms. The molecule has 0 unspecified atom stereocenters. The lowest BCUT2D eigenvalue weighted by atomic mass is 9.89. The van der Waals surface area contributed by atoms with Crippen LogP contribution in [0.2, 0.25) is 0 Å². The van der Waals surface area contributed by atoms with Crippen LogP contribution in [0.5, 0.6) is 0 Å². The molecule has 0 aliphatic carbocycles. The number of nitrogens with one attached hydrogen (secondary N) is 1. The molecule has 1 aromatic carbocycles. The summed E-state index contributed by atoms with van der Waals surface area (Å²) < 4.78 is 1.89. The van der Waals surface area contributed by atoms with Gasteiger partial charge in [0.15, 0.2) is 0 Å². The molecule has 1 aliphatic heterocycles. The minimum Gasteiger partial charge on any atom is -0.351 e. The van der Waals surface area contributed by atoms with E-state index in [-0.39, 0.29) is 5.91 Å².